The van der Waals surface area contributed by atoms with Gasteiger partial charge in [-0.2, -0.15) is 0 Å². The summed E-state index contributed by atoms with van der Waals surface area (Å²) in [5, 5.41) is 24.3. The van der Waals surface area contributed by atoms with Gasteiger partial charge in [-0.05, 0) is 84.9 Å². The fraction of sp³-hybridized carbons (Fsp3) is 0.458. The number of nitrogens with one attached hydrogen (secondary N) is 4. The molecule has 13 heteroatoms. The highest BCUT2D eigenvalue weighted by atomic mass is 16.5. The van der Waals surface area contributed by atoms with Crippen LogP contribution in [0.4, 0.5) is 9.59 Å². The number of aliphatic hydroxyl groups is 1. The van der Waals surface area contributed by atoms with Gasteiger partial charge in [0.15, 0.2) is 0 Å². The van der Waals surface area contributed by atoms with Gasteiger partial charge in [0.2, 0.25) is 11.8 Å². The van der Waals surface area contributed by atoms with Crippen LogP contribution in [0.2, 0.25) is 0 Å². The number of hydrogen-bond donors (Lipinski definition) is 5. The average Bonchev–Trinajstić information content (AvgIpc) is 3.54. The molecule has 2 aromatic carbocycles. The van der Waals surface area contributed by atoms with Gasteiger partial charge in [-0.25, -0.2) is 9.59 Å². The van der Waals surface area contributed by atoms with Gasteiger partial charge in [-0.3, -0.25) is 19.6 Å². The number of methoxy groups -OCH3 is 1. The highest BCUT2D eigenvalue weighted by molar-refractivity contribution is 5.84. The summed E-state index contributed by atoms with van der Waals surface area (Å²) in [7, 11) is 1.29. The predicted molar refractivity (Wildman–Crippen MR) is 236 cm³/mol. The molecule has 326 valence electrons. The molecule has 0 spiro atoms. The SMILES string of the molecule is COC(=O)NCC(C)(C)CC(=O)NC(Cc1ccc(-c2cc(C)ccn2)cc1)C(O)CC(Cc1ccccc1)NC(=O)C(C1CNC(=O)N1Cc1cccc(C)n1)C(C)(C)C. The minimum atomic E-state index is -1.08. The van der Waals surface area contributed by atoms with E-state index < -0.39 is 47.1 Å². The maximum Gasteiger partial charge on any atom is 0.406 e. The van der Waals surface area contributed by atoms with Crippen LogP contribution in [-0.2, 0) is 33.7 Å². The summed E-state index contributed by atoms with van der Waals surface area (Å²) in [6, 6.07) is 25.3. The van der Waals surface area contributed by atoms with E-state index in [2.05, 4.69) is 31.2 Å². The van der Waals surface area contributed by atoms with Gasteiger partial charge in [0, 0.05) is 43.0 Å². The zero-order valence-electron chi connectivity index (χ0n) is 36.8. The molecule has 0 aliphatic carbocycles. The number of carbonyl (C=O) groups excluding carboxylic acids is 4. The zero-order valence-corrected chi connectivity index (χ0v) is 36.8. The van der Waals surface area contributed by atoms with E-state index in [-0.39, 0.29) is 43.8 Å². The standard InChI is InChI=1S/C48H63N7O6/c1-31-21-22-49-38(23-31)35-19-17-34(18-20-35)25-39(54-42(57)27-48(6,7)30-51-46(60)61-8)41(56)26-37(24-33-14-10-9-11-15-33)53-44(58)43(47(3,4)5)40-28-50-45(59)55(40)29-36-16-12-13-32(2)52-36/h9-23,37,39-41,43,56H,24-30H2,1-8H3,(H,50,59)(H,51,60)(H,53,58)(H,54,57). The normalized spacial score (nSPS) is 16.2. The summed E-state index contributed by atoms with van der Waals surface area (Å²) in [5.41, 5.74) is 5.15. The van der Waals surface area contributed by atoms with Crippen LogP contribution in [0.1, 0.15) is 75.5 Å². The number of rotatable bonds is 18. The Kier molecular flexibility index (Phi) is 15.6. The Bertz CT molecular complexity index is 2100. The minimum Gasteiger partial charge on any atom is -0.453 e. The molecule has 5 rings (SSSR count). The molecule has 3 heterocycles. The van der Waals surface area contributed by atoms with Gasteiger partial charge in [0.25, 0.3) is 0 Å². The molecular formula is C48H63N7O6. The van der Waals surface area contributed by atoms with Crippen molar-refractivity contribution in [3.05, 3.63) is 119 Å². The molecule has 0 bridgehead atoms. The molecule has 5 atom stereocenters. The second-order valence-electron chi connectivity index (χ2n) is 18.2. The molecule has 1 aliphatic rings. The van der Waals surface area contributed by atoms with E-state index in [1.165, 1.54) is 7.11 Å². The number of alkyl carbamates (subject to hydrolysis) is 1. The van der Waals surface area contributed by atoms with Crippen molar-refractivity contribution in [2.75, 3.05) is 20.2 Å². The number of nitrogens with zero attached hydrogens (tertiary/aromatic N) is 3. The summed E-state index contributed by atoms with van der Waals surface area (Å²) in [4.78, 5) is 64.4. The third kappa shape index (κ3) is 13.6. The number of carbonyl (C=O) groups is 4. The molecule has 2 aromatic heterocycles. The molecule has 1 fully saturated rings. The molecule has 1 aliphatic heterocycles. The van der Waals surface area contributed by atoms with Crippen LogP contribution in [0.3, 0.4) is 0 Å². The molecule has 13 nitrogen and oxygen atoms in total. The number of ether oxygens (including phenoxy) is 1. The third-order valence-corrected chi connectivity index (χ3v) is 11.2. The van der Waals surface area contributed by atoms with Crippen molar-refractivity contribution in [2.45, 2.75) is 105 Å². The lowest BCUT2D eigenvalue weighted by Gasteiger charge is -2.38. The van der Waals surface area contributed by atoms with E-state index in [1.807, 2.05) is 133 Å². The van der Waals surface area contributed by atoms with Gasteiger partial charge in [0.1, 0.15) is 0 Å². The van der Waals surface area contributed by atoms with E-state index >= 15 is 0 Å². The van der Waals surface area contributed by atoms with Gasteiger partial charge in [-0.1, -0.05) is 95.3 Å². The zero-order chi connectivity index (χ0) is 44.3. The first-order valence-electron chi connectivity index (χ1n) is 21.0. The fourth-order valence-electron chi connectivity index (χ4n) is 8.07. The number of benzene rings is 2. The summed E-state index contributed by atoms with van der Waals surface area (Å²) in [5.74, 6) is -1.14. The fourth-order valence-corrected chi connectivity index (χ4v) is 8.07. The van der Waals surface area contributed by atoms with Crippen LogP contribution in [-0.4, -0.2) is 88.3 Å². The molecule has 0 saturated carbocycles. The van der Waals surface area contributed by atoms with Crippen molar-refractivity contribution < 1.29 is 29.0 Å². The smallest absolute Gasteiger partial charge is 0.406 e. The molecule has 5 unspecified atom stereocenters. The Morgan fingerprint density at radius 3 is 2.28 bits per heavy atom. The quantitative estimate of drug-likeness (QED) is 0.0777. The third-order valence-electron chi connectivity index (χ3n) is 11.2. The molecule has 61 heavy (non-hydrogen) atoms. The molecule has 1 saturated heterocycles. The molecular weight excluding hydrogens is 771 g/mol. The number of hydrogen-bond acceptors (Lipinski definition) is 8. The van der Waals surface area contributed by atoms with Crippen LogP contribution in [0.25, 0.3) is 11.3 Å². The van der Waals surface area contributed by atoms with Crippen molar-refractivity contribution in [1.82, 2.24) is 36.1 Å². The monoisotopic (exact) mass is 833 g/mol. The van der Waals surface area contributed by atoms with Gasteiger partial charge in [0.05, 0.1) is 49.1 Å². The van der Waals surface area contributed by atoms with Gasteiger partial charge < -0.3 is 36.0 Å². The minimum absolute atomic E-state index is 0.0678. The van der Waals surface area contributed by atoms with Crippen LogP contribution < -0.4 is 21.3 Å². The largest absolute Gasteiger partial charge is 0.453 e. The lowest BCUT2D eigenvalue weighted by atomic mass is 9.75. The number of aliphatic hydroxyl groups excluding tert-OH is 1. The first-order valence-corrected chi connectivity index (χ1v) is 21.0. The van der Waals surface area contributed by atoms with Crippen molar-refractivity contribution in [2.24, 2.45) is 16.7 Å². The van der Waals surface area contributed by atoms with Crippen LogP contribution >= 0.6 is 0 Å². The number of urea groups is 1. The highest BCUT2D eigenvalue weighted by Crippen LogP contribution is 2.34. The van der Waals surface area contributed by atoms with E-state index in [1.54, 1.807) is 11.1 Å². The number of aromatic nitrogens is 2. The number of pyridine rings is 2. The molecule has 5 amide bonds. The predicted octanol–water partition coefficient (Wildman–Crippen LogP) is 6.29. The lowest BCUT2D eigenvalue weighted by Crippen LogP contribution is -2.54. The Morgan fingerprint density at radius 1 is 0.918 bits per heavy atom. The van der Waals surface area contributed by atoms with E-state index in [4.69, 9.17) is 4.74 Å². The number of aryl methyl sites for hydroxylation is 2. The Morgan fingerprint density at radius 2 is 1.62 bits per heavy atom. The summed E-state index contributed by atoms with van der Waals surface area (Å²) >= 11 is 0. The van der Waals surface area contributed by atoms with Crippen molar-refractivity contribution in [3.63, 3.8) is 0 Å². The topological polar surface area (TPSA) is 175 Å². The van der Waals surface area contributed by atoms with Crippen LogP contribution in [0.15, 0.2) is 91.1 Å². The first kappa shape index (κ1) is 46.2. The molecule has 0 radical (unpaired) electrons. The van der Waals surface area contributed by atoms with Crippen molar-refractivity contribution in [1.29, 1.82) is 0 Å². The summed E-state index contributed by atoms with van der Waals surface area (Å²) < 4.78 is 4.72. The first-order chi connectivity index (χ1) is 28.9. The summed E-state index contributed by atoms with van der Waals surface area (Å²) in [6.45, 7) is 14.4. The second-order valence-corrected chi connectivity index (χ2v) is 18.2. The Hall–Kier alpha value is -5.82. The lowest BCUT2D eigenvalue weighted by molar-refractivity contribution is -0.132. The highest BCUT2D eigenvalue weighted by Gasteiger charge is 2.46. The van der Waals surface area contributed by atoms with E-state index in [9.17, 15) is 24.3 Å². The van der Waals surface area contributed by atoms with Gasteiger partial charge >= 0.3 is 12.1 Å². The van der Waals surface area contributed by atoms with Crippen molar-refractivity contribution in [3.8, 4) is 11.3 Å². The Balaban J connectivity index is 1.41. The van der Waals surface area contributed by atoms with Crippen LogP contribution in [0.5, 0.6) is 0 Å². The van der Waals surface area contributed by atoms with Gasteiger partial charge in [-0.15, -0.1) is 0 Å². The van der Waals surface area contributed by atoms with Crippen LogP contribution in [0, 0.1) is 30.6 Å². The molecule has 5 N–H and O–H groups in total. The van der Waals surface area contributed by atoms with Crippen molar-refractivity contribution >= 4 is 23.9 Å². The van der Waals surface area contributed by atoms with E-state index in [0.29, 0.717) is 19.4 Å². The summed E-state index contributed by atoms with van der Waals surface area (Å²) in [6.07, 6.45) is 1.03. The average molecular weight is 834 g/mol. The maximum absolute atomic E-state index is 14.7. The second kappa shape index (κ2) is 20.6. The maximum atomic E-state index is 14.7. The van der Waals surface area contributed by atoms with E-state index in [0.717, 1.165) is 39.3 Å². The molecule has 4 aromatic rings. The Labute approximate surface area is 360 Å². The number of amides is 5.